The Kier molecular flexibility index (Phi) is 5.11. The first kappa shape index (κ1) is 18.2. The van der Waals surface area contributed by atoms with Crippen LogP contribution in [-0.2, 0) is 11.2 Å². The van der Waals surface area contributed by atoms with Crippen LogP contribution in [0.15, 0.2) is 43.0 Å². The first-order chi connectivity index (χ1) is 12.2. The summed E-state index contributed by atoms with van der Waals surface area (Å²) >= 11 is 0. The Balaban J connectivity index is 0.00000196. The Morgan fingerprint density at radius 2 is 2.00 bits per heavy atom. The smallest absolute Gasteiger partial charge is 0.222 e. The summed E-state index contributed by atoms with van der Waals surface area (Å²) in [6, 6.07) is 7.91. The molecule has 0 spiro atoms. The molecule has 1 aromatic carbocycles. The lowest BCUT2D eigenvalue weighted by molar-refractivity contribution is -0.119. The Hall–Kier alpha value is -2.64. The van der Waals surface area contributed by atoms with Crippen molar-refractivity contribution in [3.05, 3.63) is 54.2 Å². The maximum absolute atomic E-state index is 12.4. The number of benzene rings is 1. The SMILES string of the molecule is Cl.NC(=O)[C@H]1C(NCCc2c[nH]c3ccccc23)[C@H]1C(=O)c1cnc[nH]1. The van der Waals surface area contributed by atoms with Gasteiger partial charge in [0, 0.05) is 23.1 Å². The molecule has 5 N–H and O–H groups in total. The quantitative estimate of drug-likeness (QED) is 0.468. The number of para-hydroxylation sites is 1. The fourth-order valence-corrected chi connectivity index (χ4v) is 3.53. The number of H-pyrrole nitrogens is 2. The lowest BCUT2D eigenvalue weighted by atomic mass is 10.1. The van der Waals surface area contributed by atoms with Gasteiger partial charge in [0.25, 0.3) is 0 Å². The molecule has 3 atom stereocenters. The van der Waals surface area contributed by atoms with Crippen LogP contribution in [0.5, 0.6) is 0 Å². The summed E-state index contributed by atoms with van der Waals surface area (Å²) in [4.78, 5) is 34.0. The molecule has 2 heterocycles. The zero-order chi connectivity index (χ0) is 17.4. The maximum Gasteiger partial charge on any atom is 0.222 e. The number of amides is 1. The number of nitrogens with zero attached hydrogens (tertiary/aromatic N) is 1. The molecule has 1 aliphatic carbocycles. The zero-order valence-electron chi connectivity index (χ0n) is 13.9. The molecule has 0 saturated heterocycles. The predicted molar refractivity (Wildman–Crippen MR) is 100 cm³/mol. The van der Waals surface area contributed by atoms with Gasteiger partial charge in [-0.3, -0.25) is 9.59 Å². The number of nitrogens with one attached hydrogen (secondary N) is 3. The normalized spacial score (nSPS) is 21.3. The molecular weight excluding hydrogens is 354 g/mol. The minimum absolute atomic E-state index is 0. The van der Waals surface area contributed by atoms with Crippen molar-refractivity contribution in [3.63, 3.8) is 0 Å². The van der Waals surface area contributed by atoms with Gasteiger partial charge in [0.1, 0.15) is 5.69 Å². The molecule has 8 heteroatoms. The van der Waals surface area contributed by atoms with E-state index >= 15 is 0 Å². The average molecular weight is 374 g/mol. The van der Waals surface area contributed by atoms with Gasteiger partial charge in [0.2, 0.25) is 5.91 Å². The van der Waals surface area contributed by atoms with Crippen LogP contribution in [0.3, 0.4) is 0 Å². The van der Waals surface area contributed by atoms with Gasteiger partial charge < -0.3 is 21.0 Å². The van der Waals surface area contributed by atoms with E-state index in [0.29, 0.717) is 12.2 Å². The lowest BCUT2D eigenvalue weighted by Crippen LogP contribution is -2.26. The summed E-state index contributed by atoms with van der Waals surface area (Å²) in [5.74, 6) is -1.44. The molecular formula is C18H20ClN5O2. The highest BCUT2D eigenvalue weighted by Crippen LogP contribution is 2.41. The number of fused-ring (bicyclic) bond motifs is 1. The molecule has 1 saturated carbocycles. The molecule has 7 nitrogen and oxygen atoms in total. The first-order valence-corrected chi connectivity index (χ1v) is 8.27. The Morgan fingerprint density at radius 3 is 2.73 bits per heavy atom. The number of aromatic amines is 2. The predicted octanol–water partition coefficient (Wildman–Crippen LogP) is 1.43. The largest absolute Gasteiger partial charge is 0.369 e. The molecule has 0 bridgehead atoms. The van der Waals surface area contributed by atoms with Crippen LogP contribution < -0.4 is 11.1 Å². The van der Waals surface area contributed by atoms with E-state index in [4.69, 9.17) is 5.73 Å². The molecule has 1 amide bonds. The van der Waals surface area contributed by atoms with Crippen LogP contribution >= 0.6 is 12.4 Å². The summed E-state index contributed by atoms with van der Waals surface area (Å²) in [7, 11) is 0. The molecule has 0 aliphatic heterocycles. The molecule has 1 aliphatic rings. The highest BCUT2D eigenvalue weighted by atomic mass is 35.5. The van der Waals surface area contributed by atoms with Crippen molar-refractivity contribution in [3.8, 4) is 0 Å². The fraction of sp³-hybridized carbons (Fsp3) is 0.278. The first-order valence-electron chi connectivity index (χ1n) is 8.27. The van der Waals surface area contributed by atoms with Crippen molar-refractivity contribution in [2.75, 3.05) is 6.54 Å². The Bertz CT molecular complexity index is 921. The number of hydrogen-bond donors (Lipinski definition) is 4. The topological polar surface area (TPSA) is 117 Å². The standard InChI is InChI=1S/C18H19N5O2.ClH/c19-18(25)15-14(17(24)13-8-20-9-23-13)16(15)21-6-5-10-7-22-12-4-2-1-3-11(10)12;/h1-4,7-9,14-16,21-22H,5-6H2,(H2,19,25)(H,20,23);1H/t14-,15+,16?;/m0./s1. The number of imidazole rings is 1. The van der Waals surface area contributed by atoms with Gasteiger partial charge in [-0.2, -0.15) is 0 Å². The second-order valence-electron chi connectivity index (χ2n) is 6.37. The average Bonchev–Trinajstić information content (AvgIpc) is 2.97. The van der Waals surface area contributed by atoms with E-state index in [1.54, 1.807) is 0 Å². The van der Waals surface area contributed by atoms with Crippen molar-refractivity contribution in [1.82, 2.24) is 20.3 Å². The highest BCUT2D eigenvalue weighted by molar-refractivity contribution is 6.03. The molecule has 1 unspecified atom stereocenters. The monoisotopic (exact) mass is 373 g/mol. The van der Waals surface area contributed by atoms with Crippen molar-refractivity contribution >= 4 is 35.0 Å². The van der Waals surface area contributed by atoms with E-state index in [1.807, 2.05) is 24.4 Å². The fourth-order valence-electron chi connectivity index (χ4n) is 3.53. The van der Waals surface area contributed by atoms with E-state index in [1.165, 1.54) is 23.5 Å². The summed E-state index contributed by atoms with van der Waals surface area (Å²) in [6.45, 7) is 0.670. The van der Waals surface area contributed by atoms with Crippen molar-refractivity contribution in [2.24, 2.45) is 17.6 Å². The van der Waals surface area contributed by atoms with Crippen LogP contribution in [-0.4, -0.2) is 39.2 Å². The molecule has 3 aromatic rings. The summed E-state index contributed by atoms with van der Waals surface area (Å²) in [5, 5.41) is 4.51. The summed E-state index contributed by atoms with van der Waals surface area (Å²) in [5.41, 5.74) is 8.17. The van der Waals surface area contributed by atoms with Gasteiger partial charge in [-0.05, 0) is 24.6 Å². The number of hydrogen-bond acceptors (Lipinski definition) is 4. The van der Waals surface area contributed by atoms with Gasteiger partial charge in [0.05, 0.1) is 24.4 Å². The zero-order valence-corrected chi connectivity index (χ0v) is 14.8. The van der Waals surface area contributed by atoms with Gasteiger partial charge in [0.15, 0.2) is 5.78 Å². The third kappa shape index (κ3) is 3.23. The van der Waals surface area contributed by atoms with E-state index in [0.717, 1.165) is 11.9 Å². The maximum atomic E-state index is 12.4. The molecule has 4 rings (SSSR count). The van der Waals surface area contributed by atoms with Crippen molar-refractivity contribution in [1.29, 1.82) is 0 Å². The Labute approximate surface area is 156 Å². The molecule has 0 radical (unpaired) electrons. The third-order valence-corrected chi connectivity index (χ3v) is 4.86. The molecule has 136 valence electrons. The third-order valence-electron chi connectivity index (χ3n) is 4.86. The van der Waals surface area contributed by atoms with E-state index in [-0.39, 0.29) is 24.2 Å². The van der Waals surface area contributed by atoms with Crippen LogP contribution in [0.25, 0.3) is 10.9 Å². The summed E-state index contributed by atoms with van der Waals surface area (Å²) < 4.78 is 0. The van der Waals surface area contributed by atoms with Gasteiger partial charge >= 0.3 is 0 Å². The lowest BCUT2D eigenvalue weighted by Gasteiger charge is -2.03. The number of Topliss-reactive ketones (excluding diaryl/α,β-unsaturated/α-hetero) is 1. The van der Waals surface area contributed by atoms with Gasteiger partial charge in [-0.1, -0.05) is 18.2 Å². The number of nitrogens with two attached hydrogens (primary N) is 1. The number of rotatable bonds is 7. The summed E-state index contributed by atoms with van der Waals surface area (Å²) in [6.07, 6.45) is 5.73. The number of halogens is 1. The van der Waals surface area contributed by atoms with E-state index < -0.39 is 17.7 Å². The second kappa shape index (κ2) is 7.31. The molecule has 1 fully saturated rings. The second-order valence-corrected chi connectivity index (χ2v) is 6.37. The number of ketones is 1. The molecule has 26 heavy (non-hydrogen) atoms. The molecule has 2 aromatic heterocycles. The van der Waals surface area contributed by atoms with Crippen LogP contribution in [0.4, 0.5) is 0 Å². The van der Waals surface area contributed by atoms with Gasteiger partial charge in [-0.25, -0.2) is 4.98 Å². The number of carbonyl (C=O) groups excluding carboxylic acids is 2. The number of primary amides is 1. The van der Waals surface area contributed by atoms with Crippen LogP contribution in [0.1, 0.15) is 16.1 Å². The number of carbonyl (C=O) groups is 2. The Morgan fingerprint density at radius 1 is 1.19 bits per heavy atom. The van der Waals surface area contributed by atoms with E-state index in [9.17, 15) is 9.59 Å². The van der Waals surface area contributed by atoms with Crippen molar-refractivity contribution in [2.45, 2.75) is 12.5 Å². The number of aromatic nitrogens is 3. The minimum Gasteiger partial charge on any atom is -0.369 e. The van der Waals surface area contributed by atoms with Crippen LogP contribution in [0.2, 0.25) is 0 Å². The minimum atomic E-state index is -0.459. The van der Waals surface area contributed by atoms with E-state index in [2.05, 4.69) is 26.3 Å². The highest BCUT2D eigenvalue weighted by Gasteiger charge is 2.58. The van der Waals surface area contributed by atoms with Crippen molar-refractivity contribution < 1.29 is 9.59 Å². The van der Waals surface area contributed by atoms with Gasteiger partial charge in [-0.15, -0.1) is 12.4 Å². The van der Waals surface area contributed by atoms with Crippen LogP contribution in [0, 0.1) is 11.8 Å².